The van der Waals surface area contributed by atoms with E-state index in [0.717, 1.165) is 56.4 Å². The zero-order valence-corrected chi connectivity index (χ0v) is 19.9. The van der Waals surface area contributed by atoms with Gasteiger partial charge in [0.05, 0.1) is 0 Å². The number of allylic oxidation sites excluding steroid dienone is 2. The summed E-state index contributed by atoms with van der Waals surface area (Å²) in [5.41, 5.74) is -0.687. The Kier molecular flexibility index (Phi) is 8.10. The van der Waals surface area contributed by atoms with Crippen molar-refractivity contribution in [3.63, 3.8) is 0 Å². The van der Waals surface area contributed by atoms with Crippen molar-refractivity contribution in [1.82, 2.24) is 0 Å². The minimum atomic E-state index is -1.23. The molecule has 3 aromatic carbocycles. The second-order valence-corrected chi connectivity index (χ2v) is 9.11. The molecule has 0 radical (unpaired) electrons. The van der Waals surface area contributed by atoms with Gasteiger partial charge in [-0.25, -0.2) is 22.4 Å². The van der Waals surface area contributed by atoms with Crippen molar-refractivity contribution < 1.29 is 27.1 Å². The summed E-state index contributed by atoms with van der Waals surface area (Å²) in [6, 6.07) is 8.05. The number of esters is 1. The first kappa shape index (κ1) is 25.5. The summed E-state index contributed by atoms with van der Waals surface area (Å²) in [6.07, 6.45) is 10.6. The minimum Gasteiger partial charge on any atom is -0.423 e. The Labute approximate surface area is 208 Å². The molecule has 4 rings (SSSR count). The summed E-state index contributed by atoms with van der Waals surface area (Å²) >= 11 is 0. The van der Waals surface area contributed by atoms with Gasteiger partial charge in [0.25, 0.3) is 0 Å². The molecule has 0 atom stereocenters. The molecule has 0 saturated heterocycles. The Bertz CT molecular complexity index is 1340. The van der Waals surface area contributed by atoms with E-state index in [1.54, 1.807) is 0 Å². The largest absolute Gasteiger partial charge is 0.423 e. The lowest BCUT2D eigenvalue weighted by Crippen LogP contribution is -2.14. The molecular formula is C30H26F4O2. The van der Waals surface area contributed by atoms with Crippen LogP contribution in [-0.2, 0) is 0 Å². The molecule has 0 amide bonds. The molecular weight excluding hydrogens is 468 g/mol. The van der Waals surface area contributed by atoms with Gasteiger partial charge in [0.1, 0.15) is 22.9 Å². The molecule has 0 aromatic heterocycles. The van der Waals surface area contributed by atoms with Gasteiger partial charge in [-0.05, 0) is 98.5 Å². The van der Waals surface area contributed by atoms with Crippen LogP contribution in [-0.4, -0.2) is 5.97 Å². The third kappa shape index (κ3) is 6.15. The predicted octanol–water partition coefficient (Wildman–Crippen LogP) is 8.13. The quantitative estimate of drug-likeness (QED) is 0.118. The van der Waals surface area contributed by atoms with Crippen molar-refractivity contribution in [2.75, 3.05) is 0 Å². The summed E-state index contributed by atoms with van der Waals surface area (Å²) in [7, 11) is 0. The van der Waals surface area contributed by atoms with Crippen LogP contribution in [0.3, 0.4) is 0 Å². The van der Waals surface area contributed by atoms with Crippen LogP contribution in [0.2, 0.25) is 0 Å². The van der Waals surface area contributed by atoms with E-state index in [1.807, 2.05) is 6.92 Å². The van der Waals surface area contributed by atoms with Gasteiger partial charge in [0, 0.05) is 11.5 Å². The summed E-state index contributed by atoms with van der Waals surface area (Å²) in [4.78, 5) is 12.5. The lowest BCUT2D eigenvalue weighted by atomic mass is 9.80. The van der Waals surface area contributed by atoms with Crippen LogP contribution < -0.4 is 4.74 Å². The van der Waals surface area contributed by atoms with E-state index in [2.05, 4.69) is 24.0 Å². The lowest BCUT2D eigenvalue weighted by Gasteiger charge is -2.25. The molecule has 186 valence electrons. The SMILES string of the molecule is C/C=C/CCC1CCC(C#Cc2cc(F)c(C(=O)Oc3ccc4cc(F)c(F)cc4c3)c(F)c2)CC1. The summed E-state index contributed by atoms with van der Waals surface area (Å²) in [5.74, 6) is 1.35. The first-order chi connectivity index (χ1) is 17.3. The topological polar surface area (TPSA) is 26.3 Å². The van der Waals surface area contributed by atoms with Gasteiger partial charge < -0.3 is 4.74 Å². The second-order valence-electron chi connectivity index (χ2n) is 9.11. The molecule has 36 heavy (non-hydrogen) atoms. The van der Waals surface area contributed by atoms with Crippen LogP contribution in [0.1, 0.15) is 61.4 Å². The highest BCUT2D eigenvalue weighted by Gasteiger charge is 2.22. The lowest BCUT2D eigenvalue weighted by molar-refractivity contribution is 0.0725. The molecule has 0 aliphatic heterocycles. The number of hydrogen-bond acceptors (Lipinski definition) is 2. The third-order valence-corrected chi connectivity index (χ3v) is 6.55. The van der Waals surface area contributed by atoms with Gasteiger partial charge in [-0.3, -0.25) is 0 Å². The molecule has 0 unspecified atom stereocenters. The van der Waals surface area contributed by atoms with Crippen molar-refractivity contribution in [1.29, 1.82) is 0 Å². The summed E-state index contributed by atoms with van der Waals surface area (Å²) < 4.78 is 61.3. The number of benzene rings is 3. The first-order valence-electron chi connectivity index (χ1n) is 12.1. The van der Waals surface area contributed by atoms with Crippen LogP contribution in [0, 0.1) is 46.9 Å². The van der Waals surface area contributed by atoms with Crippen molar-refractivity contribution in [3.05, 3.63) is 89.0 Å². The number of rotatable bonds is 5. The maximum Gasteiger partial charge on any atom is 0.349 e. The van der Waals surface area contributed by atoms with E-state index in [4.69, 9.17) is 4.74 Å². The van der Waals surface area contributed by atoms with E-state index < -0.39 is 34.8 Å². The minimum absolute atomic E-state index is 0.0532. The number of halogens is 4. The van der Waals surface area contributed by atoms with E-state index in [1.165, 1.54) is 24.6 Å². The van der Waals surface area contributed by atoms with Crippen molar-refractivity contribution in [2.24, 2.45) is 11.8 Å². The molecule has 0 spiro atoms. The second kappa shape index (κ2) is 11.4. The maximum atomic E-state index is 14.7. The van der Waals surface area contributed by atoms with Crippen LogP contribution in [0.5, 0.6) is 5.75 Å². The average molecular weight is 495 g/mol. The number of fused-ring (bicyclic) bond motifs is 1. The van der Waals surface area contributed by atoms with Crippen molar-refractivity contribution in [2.45, 2.75) is 45.4 Å². The fourth-order valence-electron chi connectivity index (χ4n) is 4.56. The fraction of sp³-hybridized carbons (Fsp3) is 0.300. The normalized spacial score (nSPS) is 17.7. The highest BCUT2D eigenvalue weighted by Crippen LogP contribution is 2.31. The highest BCUT2D eigenvalue weighted by atomic mass is 19.2. The molecule has 1 fully saturated rings. The van der Waals surface area contributed by atoms with Crippen LogP contribution >= 0.6 is 0 Å². The molecule has 2 nitrogen and oxygen atoms in total. The van der Waals surface area contributed by atoms with Crippen LogP contribution in [0.4, 0.5) is 17.6 Å². The molecule has 3 aromatic rings. The number of hydrogen-bond donors (Lipinski definition) is 0. The summed E-state index contributed by atoms with van der Waals surface area (Å²) in [6.45, 7) is 2.02. The Balaban J connectivity index is 1.42. The number of carbonyl (C=O) groups is 1. The Hall–Kier alpha value is -3.59. The molecule has 1 aliphatic rings. The molecule has 0 heterocycles. The molecule has 0 N–H and O–H groups in total. The van der Waals surface area contributed by atoms with E-state index in [0.29, 0.717) is 11.3 Å². The Morgan fingerprint density at radius 3 is 2.25 bits per heavy atom. The van der Waals surface area contributed by atoms with Gasteiger partial charge in [0.15, 0.2) is 11.6 Å². The van der Waals surface area contributed by atoms with Crippen molar-refractivity contribution in [3.8, 4) is 17.6 Å². The van der Waals surface area contributed by atoms with E-state index in [-0.39, 0.29) is 22.6 Å². The van der Waals surface area contributed by atoms with E-state index >= 15 is 0 Å². The fourth-order valence-corrected chi connectivity index (χ4v) is 4.56. The van der Waals surface area contributed by atoms with Gasteiger partial charge in [-0.15, -0.1) is 0 Å². The monoisotopic (exact) mass is 494 g/mol. The predicted molar refractivity (Wildman–Crippen MR) is 132 cm³/mol. The Morgan fingerprint density at radius 2 is 1.58 bits per heavy atom. The maximum absolute atomic E-state index is 14.7. The number of ether oxygens (including phenoxy) is 1. The van der Waals surface area contributed by atoms with Gasteiger partial charge in [-0.2, -0.15) is 0 Å². The molecule has 1 aliphatic carbocycles. The average Bonchev–Trinajstić information content (AvgIpc) is 2.84. The van der Waals surface area contributed by atoms with Crippen LogP contribution in [0.25, 0.3) is 10.8 Å². The van der Waals surface area contributed by atoms with Gasteiger partial charge >= 0.3 is 5.97 Å². The van der Waals surface area contributed by atoms with Gasteiger partial charge in [0.2, 0.25) is 0 Å². The third-order valence-electron chi connectivity index (χ3n) is 6.55. The summed E-state index contributed by atoms with van der Waals surface area (Å²) in [5, 5.41) is 0.661. The number of carbonyl (C=O) groups excluding carboxylic acids is 1. The zero-order chi connectivity index (χ0) is 25.7. The smallest absolute Gasteiger partial charge is 0.349 e. The van der Waals surface area contributed by atoms with E-state index in [9.17, 15) is 22.4 Å². The van der Waals surface area contributed by atoms with Crippen molar-refractivity contribution >= 4 is 16.7 Å². The molecule has 0 bridgehead atoms. The molecule has 1 saturated carbocycles. The van der Waals surface area contributed by atoms with Crippen LogP contribution in [0.15, 0.2) is 54.6 Å². The highest BCUT2D eigenvalue weighted by molar-refractivity contribution is 5.93. The molecule has 6 heteroatoms. The zero-order valence-electron chi connectivity index (χ0n) is 19.9. The first-order valence-corrected chi connectivity index (χ1v) is 12.1. The Morgan fingerprint density at radius 1 is 0.917 bits per heavy atom. The standard InChI is InChI=1S/C30H26F4O2/c1-2-3-4-5-19-6-8-20(9-7-19)10-11-21-14-27(33)29(28(34)15-21)30(35)36-24-13-12-22-17-25(31)26(32)18-23(22)16-24/h2-3,12-20H,4-9H2,1H3/b3-2+. The van der Waals surface area contributed by atoms with Gasteiger partial charge in [-0.1, -0.05) is 30.1 Å².